The zero-order valence-corrected chi connectivity index (χ0v) is 9.39. The highest BCUT2D eigenvalue weighted by Gasteiger charge is 2.42. The smallest absolute Gasteiger partial charge is 0.153 e. The molecule has 2 rings (SSSR count). The summed E-state index contributed by atoms with van der Waals surface area (Å²) in [4.78, 5) is 2.22. The van der Waals surface area contributed by atoms with Crippen molar-refractivity contribution in [2.24, 2.45) is 5.73 Å². The Balaban J connectivity index is 1.95. The minimum Gasteiger partial charge on any atom is -0.324 e. The molecule has 82 valence electrons. The highest BCUT2D eigenvalue weighted by atomic mass is 32.2. The zero-order chi connectivity index (χ0) is 10.4. The van der Waals surface area contributed by atoms with Crippen LogP contribution in [0, 0.1) is 0 Å². The van der Waals surface area contributed by atoms with Gasteiger partial charge in [-0.1, -0.05) is 0 Å². The summed E-state index contributed by atoms with van der Waals surface area (Å²) < 4.78 is 22.7. The van der Waals surface area contributed by atoms with Gasteiger partial charge in [0.25, 0.3) is 0 Å². The largest absolute Gasteiger partial charge is 0.324 e. The number of hydrogen-bond donors (Lipinski definition) is 1. The van der Waals surface area contributed by atoms with Gasteiger partial charge in [-0.25, -0.2) is 8.42 Å². The molecular formula is C9H18N2O2S. The second-order valence-electron chi connectivity index (χ2n) is 4.80. The molecule has 1 aliphatic carbocycles. The van der Waals surface area contributed by atoms with E-state index in [1.54, 1.807) is 0 Å². The molecule has 2 aliphatic rings. The summed E-state index contributed by atoms with van der Waals surface area (Å²) in [5, 5.41) is 0. The maximum Gasteiger partial charge on any atom is 0.153 e. The van der Waals surface area contributed by atoms with E-state index >= 15 is 0 Å². The van der Waals surface area contributed by atoms with Crippen LogP contribution in [0.3, 0.4) is 0 Å². The topological polar surface area (TPSA) is 63.4 Å². The average Bonchev–Trinajstić information content (AvgIpc) is 2.75. The number of nitrogens with zero attached hydrogens (tertiary/aromatic N) is 1. The Morgan fingerprint density at radius 2 is 2.14 bits per heavy atom. The summed E-state index contributed by atoms with van der Waals surface area (Å²) in [6, 6.07) is 0.134. The first-order valence-electron chi connectivity index (χ1n) is 5.14. The Hall–Kier alpha value is -0.130. The van der Waals surface area contributed by atoms with Crippen molar-refractivity contribution in [2.45, 2.75) is 31.3 Å². The summed E-state index contributed by atoms with van der Waals surface area (Å²) in [5.74, 6) is 0.594. The molecule has 4 nitrogen and oxygen atoms in total. The average molecular weight is 218 g/mol. The van der Waals surface area contributed by atoms with Gasteiger partial charge in [-0.3, -0.25) is 4.90 Å². The van der Waals surface area contributed by atoms with E-state index in [2.05, 4.69) is 4.90 Å². The molecule has 0 amide bonds. The van der Waals surface area contributed by atoms with Crippen LogP contribution in [0.25, 0.3) is 0 Å². The second-order valence-corrected chi connectivity index (χ2v) is 7.02. The predicted molar refractivity (Wildman–Crippen MR) is 55.8 cm³/mol. The van der Waals surface area contributed by atoms with Gasteiger partial charge >= 0.3 is 0 Å². The molecule has 2 fully saturated rings. The van der Waals surface area contributed by atoms with Gasteiger partial charge in [-0.05, 0) is 19.8 Å². The Kier molecular flexibility index (Phi) is 2.36. The van der Waals surface area contributed by atoms with Crippen molar-refractivity contribution in [2.75, 3.05) is 24.6 Å². The van der Waals surface area contributed by atoms with Gasteiger partial charge in [0.15, 0.2) is 9.84 Å². The van der Waals surface area contributed by atoms with Crippen LogP contribution in [-0.4, -0.2) is 49.5 Å². The third-order valence-electron chi connectivity index (χ3n) is 3.22. The van der Waals surface area contributed by atoms with Crippen LogP contribution in [0.2, 0.25) is 0 Å². The molecule has 0 aromatic heterocycles. The molecule has 1 unspecified atom stereocenters. The van der Waals surface area contributed by atoms with E-state index < -0.39 is 9.84 Å². The third kappa shape index (κ3) is 2.27. The first-order valence-corrected chi connectivity index (χ1v) is 6.96. The summed E-state index contributed by atoms with van der Waals surface area (Å²) in [7, 11) is -2.78. The minimum atomic E-state index is -2.78. The number of rotatable bonds is 2. The van der Waals surface area contributed by atoms with E-state index in [4.69, 9.17) is 5.73 Å². The quantitative estimate of drug-likeness (QED) is 0.685. The molecule has 1 aliphatic heterocycles. The van der Waals surface area contributed by atoms with Gasteiger partial charge in [-0.15, -0.1) is 0 Å². The van der Waals surface area contributed by atoms with Crippen LogP contribution in [0.15, 0.2) is 0 Å². The van der Waals surface area contributed by atoms with Crippen molar-refractivity contribution in [1.29, 1.82) is 0 Å². The SMILES string of the molecule is CC1CS(=O)(=O)CCN1CC1(N)CC1. The number of nitrogens with two attached hydrogens (primary N) is 1. The lowest BCUT2D eigenvalue weighted by Crippen LogP contribution is -2.51. The van der Waals surface area contributed by atoms with Crippen LogP contribution >= 0.6 is 0 Å². The first kappa shape index (κ1) is 10.4. The van der Waals surface area contributed by atoms with Crippen molar-refractivity contribution < 1.29 is 8.42 Å². The standard InChI is InChI=1S/C9H18N2O2S/c1-8-6-14(12,13)5-4-11(8)7-9(10)2-3-9/h8H,2-7,10H2,1H3. The second kappa shape index (κ2) is 3.18. The molecule has 0 bridgehead atoms. The van der Waals surface area contributed by atoms with E-state index in [9.17, 15) is 8.42 Å². The van der Waals surface area contributed by atoms with Crippen molar-refractivity contribution in [3.63, 3.8) is 0 Å². The van der Waals surface area contributed by atoms with Crippen LogP contribution in [0.1, 0.15) is 19.8 Å². The predicted octanol–water partition coefficient (Wildman–Crippen LogP) is -0.403. The fraction of sp³-hybridized carbons (Fsp3) is 1.00. The maximum atomic E-state index is 11.3. The molecule has 1 saturated carbocycles. The maximum absolute atomic E-state index is 11.3. The van der Waals surface area contributed by atoms with Crippen LogP contribution in [0.5, 0.6) is 0 Å². The summed E-state index contributed by atoms with van der Waals surface area (Å²) >= 11 is 0. The Bertz CT molecular complexity index is 322. The lowest BCUT2D eigenvalue weighted by Gasteiger charge is -2.34. The van der Waals surface area contributed by atoms with Crippen LogP contribution < -0.4 is 5.73 Å². The Labute approximate surface area is 85.4 Å². The van der Waals surface area contributed by atoms with Crippen molar-refractivity contribution >= 4 is 9.84 Å². The molecule has 0 spiro atoms. The molecule has 14 heavy (non-hydrogen) atoms. The normalized spacial score (nSPS) is 35.4. The monoisotopic (exact) mass is 218 g/mol. The van der Waals surface area contributed by atoms with Gasteiger partial charge in [0.2, 0.25) is 0 Å². The van der Waals surface area contributed by atoms with Crippen molar-refractivity contribution in [1.82, 2.24) is 4.90 Å². The Morgan fingerprint density at radius 1 is 1.50 bits per heavy atom. The third-order valence-corrected chi connectivity index (χ3v) is 5.01. The highest BCUT2D eigenvalue weighted by molar-refractivity contribution is 7.91. The van der Waals surface area contributed by atoms with Crippen molar-refractivity contribution in [3.05, 3.63) is 0 Å². The summed E-state index contributed by atoms with van der Waals surface area (Å²) in [5.41, 5.74) is 6.01. The van der Waals surface area contributed by atoms with E-state index in [0.717, 1.165) is 19.4 Å². The molecule has 0 aromatic rings. The minimum absolute atomic E-state index is 0.00460. The molecule has 1 heterocycles. The number of sulfone groups is 1. The van der Waals surface area contributed by atoms with E-state index in [1.165, 1.54) is 0 Å². The highest BCUT2D eigenvalue weighted by Crippen LogP contribution is 2.33. The summed E-state index contributed by atoms with van der Waals surface area (Å²) in [6.07, 6.45) is 2.17. The molecule has 5 heteroatoms. The molecule has 1 atom stereocenters. The van der Waals surface area contributed by atoms with Crippen molar-refractivity contribution in [3.8, 4) is 0 Å². The molecule has 2 N–H and O–H groups in total. The molecule has 1 saturated heterocycles. The van der Waals surface area contributed by atoms with E-state index in [0.29, 0.717) is 18.1 Å². The lowest BCUT2D eigenvalue weighted by molar-refractivity contribution is 0.207. The zero-order valence-electron chi connectivity index (χ0n) is 8.57. The van der Waals surface area contributed by atoms with Crippen LogP contribution in [0.4, 0.5) is 0 Å². The van der Waals surface area contributed by atoms with Gasteiger partial charge in [0.1, 0.15) is 0 Å². The molecule has 0 aromatic carbocycles. The fourth-order valence-corrected chi connectivity index (χ4v) is 3.62. The van der Waals surface area contributed by atoms with Gasteiger partial charge < -0.3 is 5.73 Å². The van der Waals surface area contributed by atoms with Gasteiger partial charge in [-0.2, -0.15) is 0 Å². The van der Waals surface area contributed by atoms with Gasteiger partial charge in [0.05, 0.1) is 11.5 Å². The van der Waals surface area contributed by atoms with Gasteiger partial charge in [0, 0.05) is 24.7 Å². The van der Waals surface area contributed by atoms with Crippen LogP contribution in [-0.2, 0) is 9.84 Å². The Morgan fingerprint density at radius 3 is 2.64 bits per heavy atom. The molecular weight excluding hydrogens is 200 g/mol. The van der Waals surface area contributed by atoms with E-state index in [1.807, 2.05) is 6.92 Å². The summed E-state index contributed by atoms with van der Waals surface area (Å²) in [6.45, 7) is 3.49. The first-order chi connectivity index (χ1) is 6.40. The number of hydrogen-bond acceptors (Lipinski definition) is 4. The lowest BCUT2D eigenvalue weighted by atomic mass is 10.2. The van der Waals surface area contributed by atoms with E-state index in [-0.39, 0.29) is 11.6 Å². The fourth-order valence-electron chi connectivity index (χ4n) is 1.99. The molecule has 0 radical (unpaired) electrons.